The quantitative estimate of drug-likeness (QED) is 0.676. The molecule has 1 aliphatic heterocycles. The van der Waals surface area contributed by atoms with Crippen molar-refractivity contribution < 1.29 is 9.53 Å². The minimum Gasteiger partial charge on any atom is -0.497 e. The summed E-state index contributed by atoms with van der Waals surface area (Å²) in [7, 11) is 1.62. The van der Waals surface area contributed by atoms with Crippen molar-refractivity contribution in [1.82, 2.24) is 24.1 Å². The Morgan fingerprint density at radius 2 is 1.90 bits per heavy atom. The number of aromatic nitrogens is 4. The van der Waals surface area contributed by atoms with E-state index in [9.17, 15) is 9.59 Å². The van der Waals surface area contributed by atoms with Gasteiger partial charge < -0.3 is 9.64 Å². The second-order valence-electron chi connectivity index (χ2n) is 7.61. The standard InChI is InChI=1S/C21H25N5O3/c1-14-8-10-24(11-9-14)20(27)13-25-21(28)26-15(2)22-18(12-19(26)23-25)16-4-6-17(29-3)7-5-16/h4-7,12,14H,8-11,13H2,1-3H3. The lowest BCUT2D eigenvalue weighted by Gasteiger charge is -2.30. The molecule has 1 amide bonds. The molecule has 152 valence electrons. The number of amides is 1. The van der Waals surface area contributed by atoms with Gasteiger partial charge in [0.25, 0.3) is 0 Å². The highest BCUT2D eigenvalue weighted by molar-refractivity contribution is 5.76. The number of piperidine rings is 1. The highest BCUT2D eigenvalue weighted by Gasteiger charge is 2.22. The molecule has 3 aromatic rings. The SMILES string of the molecule is COc1ccc(-c2cc3nn(CC(=O)N4CCC(C)CC4)c(=O)n3c(C)n2)cc1. The van der Waals surface area contributed by atoms with Gasteiger partial charge in [-0.2, -0.15) is 0 Å². The van der Waals surface area contributed by atoms with E-state index in [1.807, 2.05) is 29.2 Å². The lowest BCUT2D eigenvalue weighted by molar-refractivity contribution is -0.133. The fourth-order valence-corrected chi connectivity index (χ4v) is 3.70. The number of ether oxygens (including phenoxy) is 1. The summed E-state index contributed by atoms with van der Waals surface area (Å²) in [5.41, 5.74) is 1.75. The van der Waals surface area contributed by atoms with E-state index in [0.717, 1.165) is 37.2 Å². The number of benzene rings is 1. The van der Waals surface area contributed by atoms with Gasteiger partial charge in [-0.25, -0.2) is 18.9 Å². The molecule has 1 fully saturated rings. The van der Waals surface area contributed by atoms with Gasteiger partial charge in [-0.15, -0.1) is 5.10 Å². The van der Waals surface area contributed by atoms with Crippen LogP contribution >= 0.6 is 0 Å². The third kappa shape index (κ3) is 3.74. The average molecular weight is 395 g/mol. The van der Waals surface area contributed by atoms with Crippen LogP contribution in [0.1, 0.15) is 25.6 Å². The van der Waals surface area contributed by atoms with Crippen LogP contribution in [0.5, 0.6) is 5.75 Å². The highest BCUT2D eigenvalue weighted by Crippen LogP contribution is 2.22. The van der Waals surface area contributed by atoms with E-state index in [4.69, 9.17) is 4.74 Å². The number of fused-ring (bicyclic) bond motifs is 1. The number of hydrogen-bond donors (Lipinski definition) is 0. The number of rotatable bonds is 4. The molecule has 0 saturated carbocycles. The van der Waals surface area contributed by atoms with Crippen LogP contribution in [0.25, 0.3) is 16.9 Å². The monoisotopic (exact) mass is 395 g/mol. The minimum absolute atomic E-state index is 0.0494. The Morgan fingerprint density at radius 3 is 2.55 bits per heavy atom. The largest absolute Gasteiger partial charge is 0.497 e. The maximum Gasteiger partial charge on any atom is 0.352 e. The van der Waals surface area contributed by atoms with Crippen LogP contribution in [0.3, 0.4) is 0 Å². The topological polar surface area (TPSA) is 81.7 Å². The molecule has 8 heteroatoms. The number of aryl methyl sites for hydroxylation is 1. The molecule has 0 bridgehead atoms. The van der Waals surface area contributed by atoms with Gasteiger partial charge in [-0.3, -0.25) is 4.79 Å². The summed E-state index contributed by atoms with van der Waals surface area (Å²) < 4.78 is 7.87. The van der Waals surface area contributed by atoms with Crippen molar-refractivity contribution in [2.75, 3.05) is 20.2 Å². The second-order valence-corrected chi connectivity index (χ2v) is 7.61. The lowest BCUT2D eigenvalue weighted by Crippen LogP contribution is -2.41. The van der Waals surface area contributed by atoms with Crippen LogP contribution in [0, 0.1) is 12.8 Å². The van der Waals surface area contributed by atoms with Crippen molar-refractivity contribution >= 4 is 11.6 Å². The maximum atomic E-state index is 12.8. The Labute approximate surface area is 168 Å². The Hall–Kier alpha value is -3.16. The first-order chi connectivity index (χ1) is 14.0. The van der Waals surface area contributed by atoms with Gasteiger partial charge in [0.05, 0.1) is 12.8 Å². The van der Waals surface area contributed by atoms with E-state index in [1.54, 1.807) is 20.1 Å². The molecule has 1 aromatic carbocycles. The van der Waals surface area contributed by atoms with Crippen LogP contribution in [-0.2, 0) is 11.3 Å². The molecular formula is C21H25N5O3. The molecule has 1 saturated heterocycles. The molecule has 0 N–H and O–H groups in total. The molecule has 0 atom stereocenters. The molecule has 4 rings (SSSR count). The highest BCUT2D eigenvalue weighted by atomic mass is 16.5. The van der Waals surface area contributed by atoms with Crippen LogP contribution in [-0.4, -0.2) is 50.2 Å². The van der Waals surface area contributed by atoms with Gasteiger partial charge in [-0.05, 0) is 49.9 Å². The number of carbonyl (C=O) groups excluding carboxylic acids is 1. The first kappa shape index (κ1) is 19.2. The molecule has 0 aliphatic carbocycles. The molecule has 0 unspecified atom stereocenters. The zero-order valence-electron chi connectivity index (χ0n) is 17.0. The van der Waals surface area contributed by atoms with Gasteiger partial charge >= 0.3 is 5.69 Å². The normalized spacial score (nSPS) is 15.1. The van der Waals surface area contributed by atoms with Crippen molar-refractivity contribution in [2.45, 2.75) is 33.2 Å². The fraction of sp³-hybridized carbons (Fsp3) is 0.429. The smallest absolute Gasteiger partial charge is 0.352 e. The van der Waals surface area contributed by atoms with E-state index < -0.39 is 0 Å². The zero-order valence-corrected chi connectivity index (χ0v) is 17.0. The van der Waals surface area contributed by atoms with Gasteiger partial charge in [0, 0.05) is 24.7 Å². The fourth-order valence-electron chi connectivity index (χ4n) is 3.70. The molecule has 0 spiro atoms. The molecule has 29 heavy (non-hydrogen) atoms. The first-order valence-corrected chi connectivity index (χ1v) is 9.85. The van der Waals surface area contributed by atoms with E-state index in [2.05, 4.69) is 17.0 Å². The predicted octanol–water partition coefficient (Wildman–Crippen LogP) is 2.13. The molecule has 2 aromatic heterocycles. The number of likely N-dealkylation sites (tertiary alicyclic amines) is 1. The summed E-state index contributed by atoms with van der Waals surface area (Å²) >= 11 is 0. The Balaban J connectivity index is 1.63. The van der Waals surface area contributed by atoms with Gasteiger partial charge in [0.15, 0.2) is 5.65 Å². The van der Waals surface area contributed by atoms with E-state index in [1.165, 1.54) is 9.08 Å². The molecule has 3 heterocycles. The molecule has 1 aliphatic rings. The number of nitrogens with zero attached hydrogens (tertiary/aromatic N) is 5. The Kier molecular flexibility index (Phi) is 5.08. The third-order valence-electron chi connectivity index (χ3n) is 5.54. The molecular weight excluding hydrogens is 370 g/mol. The second kappa shape index (κ2) is 7.69. The van der Waals surface area contributed by atoms with Crippen molar-refractivity contribution in [2.24, 2.45) is 5.92 Å². The summed E-state index contributed by atoms with van der Waals surface area (Å²) in [5, 5.41) is 4.40. The van der Waals surface area contributed by atoms with Gasteiger partial charge in [0.1, 0.15) is 18.1 Å². The van der Waals surface area contributed by atoms with Crippen molar-refractivity contribution in [3.05, 3.63) is 46.6 Å². The van der Waals surface area contributed by atoms with E-state index in [0.29, 0.717) is 23.1 Å². The summed E-state index contributed by atoms with van der Waals surface area (Å²) in [6.07, 6.45) is 2.00. The zero-order chi connectivity index (χ0) is 20.5. The molecule has 8 nitrogen and oxygen atoms in total. The van der Waals surface area contributed by atoms with Crippen molar-refractivity contribution in [3.63, 3.8) is 0 Å². The van der Waals surface area contributed by atoms with E-state index in [-0.39, 0.29) is 18.1 Å². The summed E-state index contributed by atoms with van der Waals surface area (Å²) in [6, 6.07) is 9.30. The van der Waals surface area contributed by atoms with Gasteiger partial charge in [-0.1, -0.05) is 6.92 Å². The third-order valence-corrected chi connectivity index (χ3v) is 5.54. The Bertz CT molecular complexity index is 1090. The van der Waals surface area contributed by atoms with Crippen LogP contribution in [0.15, 0.2) is 35.1 Å². The number of carbonyl (C=O) groups is 1. The maximum absolute atomic E-state index is 12.8. The predicted molar refractivity (Wildman–Crippen MR) is 109 cm³/mol. The van der Waals surface area contributed by atoms with Crippen molar-refractivity contribution in [1.29, 1.82) is 0 Å². The Morgan fingerprint density at radius 1 is 1.21 bits per heavy atom. The lowest BCUT2D eigenvalue weighted by atomic mass is 9.99. The number of hydrogen-bond acceptors (Lipinski definition) is 5. The summed E-state index contributed by atoms with van der Waals surface area (Å²) in [6.45, 7) is 5.40. The average Bonchev–Trinajstić information content (AvgIpc) is 3.04. The summed E-state index contributed by atoms with van der Waals surface area (Å²) in [4.78, 5) is 31.8. The van der Waals surface area contributed by atoms with Crippen LogP contribution < -0.4 is 10.4 Å². The van der Waals surface area contributed by atoms with Crippen molar-refractivity contribution in [3.8, 4) is 17.0 Å². The van der Waals surface area contributed by atoms with Gasteiger partial charge in [0.2, 0.25) is 5.91 Å². The minimum atomic E-state index is -0.343. The summed E-state index contributed by atoms with van der Waals surface area (Å²) in [5.74, 6) is 1.87. The molecule has 0 radical (unpaired) electrons. The number of methoxy groups -OCH3 is 1. The first-order valence-electron chi connectivity index (χ1n) is 9.85. The van der Waals surface area contributed by atoms with E-state index >= 15 is 0 Å². The van der Waals surface area contributed by atoms with Crippen LogP contribution in [0.2, 0.25) is 0 Å². The van der Waals surface area contributed by atoms with Crippen LogP contribution in [0.4, 0.5) is 0 Å².